The normalized spacial score (nSPS) is 24.9. The van der Waals surface area contributed by atoms with Gasteiger partial charge in [-0.3, -0.25) is 4.90 Å². The zero-order valence-corrected chi connectivity index (χ0v) is 14.6. The smallest absolute Gasteiger partial charge is 0.119 e. The Morgan fingerprint density at radius 2 is 2.18 bits per heavy atom. The maximum atomic E-state index is 5.84. The molecule has 3 rings (SSSR count). The van der Waals surface area contributed by atoms with Crippen LogP contribution < -0.4 is 10.1 Å². The Morgan fingerprint density at radius 1 is 1.32 bits per heavy atom. The largest absolute Gasteiger partial charge is 0.493 e. The van der Waals surface area contributed by atoms with Crippen molar-refractivity contribution >= 4 is 12.4 Å². The molecule has 0 aliphatic carbocycles. The molecular formula is C18H29ClN2O. The Bertz CT molecular complexity index is 472. The zero-order valence-electron chi connectivity index (χ0n) is 13.8. The molecule has 1 aromatic carbocycles. The molecule has 4 heteroatoms. The van der Waals surface area contributed by atoms with Gasteiger partial charge in [0.1, 0.15) is 5.75 Å². The van der Waals surface area contributed by atoms with Gasteiger partial charge in [-0.05, 0) is 55.0 Å². The van der Waals surface area contributed by atoms with Crippen molar-refractivity contribution in [1.82, 2.24) is 10.2 Å². The lowest BCUT2D eigenvalue weighted by Crippen LogP contribution is -2.28. The van der Waals surface area contributed by atoms with Crippen LogP contribution in [0.1, 0.15) is 32.3 Å². The number of likely N-dealkylation sites (tertiary alicyclic amines) is 1. The molecule has 124 valence electrons. The maximum Gasteiger partial charge on any atom is 0.119 e. The lowest BCUT2D eigenvalue weighted by Gasteiger charge is -2.23. The van der Waals surface area contributed by atoms with Crippen LogP contribution in [0.25, 0.3) is 0 Å². The van der Waals surface area contributed by atoms with Gasteiger partial charge in [-0.15, -0.1) is 12.4 Å². The van der Waals surface area contributed by atoms with E-state index >= 15 is 0 Å². The van der Waals surface area contributed by atoms with Crippen LogP contribution >= 0.6 is 12.4 Å². The number of ether oxygens (including phenoxy) is 1. The lowest BCUT2D eigenvalue weighted by molar-refractivity contribution is 0.263. The first-order valence-corrected chi connectivity index (χ1v) is 8.30. The third kappa shape index (κ3) is 4.37. The Morgan fingerprint density at radius 3 is 2.91 bits per heavy atom. The van der Waals surface area contributed by atoms with E-state index in [-0.39, 0.29) is 12.4 Å². The number of rotatable bonds is 5. The Labute approximate surface area is 140 Å². The fourth-order valence-corrected chi connectivity index (χ4v) is 3.56. The van der Waals surface area contributed by atoms with Gasteiger partial charge in [0.05, 0.1) is 6.61 Å². The molecule has 2 aliphatic rings. The molecule has 0 radical (unpaired) electrons. The number of hydrogen-bond acceptors (Lipinski definition) is 3. The van der Waals surface area contributed by atoms with E-state index in [1.165, 1.54) is 44.6 Å². The molecular weight excluding hydrogens is 296 g/mol. The summed E-state index contributed by atoms with van der Waals surface area (Å²) in [7, 11) is 0. The average molecular weight is 325 g/mol. The molecule has 2 saturated heterocycles. The van der Waals surface area contributed by atoms with E-state index in [4.69, 9.17) is 4.74 Å². The van der Waals surface area contributed by atoms with E-state index in [1.807, 2.05) is 0 Å². The monoisotopic (exact) mass is 324 g/mol. The van der Waals surface area contributed by atoms with E-state index in [0.717, 1.165) is 18.9 Å². The molecule has 0 aromatic heterocycles. The summed E-state index contributed by atoms with van der Waals surface area (Å²) in [4.78, 5) is 2.61. The van der Waals surface area contributed by atoms with Crippen LogP contribution in [0, 0.1) is 11.3 Å². The number of hydrogen-bond donors (Lipinski definition) is 1. The highest BCUT2D eigenvalue weighted by Gasteiger charge is 2.39. The van der Waals surface area contributed by atoms with Gasteiger partial charge in [-0.1, -0.05) is 26.0 Å². The van der Waals surface area contributed by atoms with Crippen molar-refractivity contribution in [3.05, 3.63) is 29.8 Å². The molecule has 1 atom stereocenters. The average Bonchev–Trinajstić information content (AvgIpc) is 3.08. The van der Waals surface area contributed by atoms with Gasteiger partial charge in [0.25, 0.3) is 0 Å². The summed E-state index contributed by atoms with van der Waals surface area (Å²) in [5.74, 6) is 1.58. The highest BCUT2D eigenvalue weighted by atomic mass is 35.5. The molecule has 1 spiro atoms. The van der Waals surface area contributed by atoms with Gasteiger partial charge in [0, 0.05) is 19.6 Å². The standard InChI is InChI=1S/C18H28N2O.ClH/c1-15(2)12-21-17-5-3-4-16(10-17)11-20-9-7-18(14-20)6-8-19-13-18;/h3-5,10,15,19H,6-9,11-14H2,1-2H3;1H. The fraction of sp³-hybridized carbons (Fsp3) is 0.667. The van der Waals surface area contributed by atoms with E-state index in [2.05, 4.69) is 48.3 Å². The molecule has 1 unspecified atom stereocenters. The Kier molecular flexibility index (Phi) is 6.13. The highest BCUT2D eigenvalue weighted by Crippen LogP contribution is 2.36. The van der Waals surface area contributed by atoms with Crippen LogP contribution in [-0.2, 0) is 6.54 Å². The van der Waals surface area contributed by atoms with Gasteiger partial charge in [0.15, 0.2) is 0 Å². The highest BCUT2D eigenvalue weighted by molar-refractivity contribution is 5.85. The lowest BCUT2D eigenvalue weighted by atomic mass is 9.86. The zero-order chi connectivity index (χ0) is 14.7. The van der Waals surface area contributed by atoms with Gasteiger partial charge < -0.3 is 10.1 Å². The summed E-state index contributed by atoms with van der Waals surface area (Å²) < 4.78 is 5.84. The first kappa shape index (κ1) is 17.6. The number of halogens is 1. The van der Waals surface area contributed by atoms with Gasteiger partial charge in [-0.25, -0.2) is 0 Å². The Hall–Kier alpha value is -0.770. The van der Waals surface area contributed by atoms with E-state index in [0.29, 0.717) is 11.3 Å². The molecule has 22 heavy (non-hydrogen) atoms. The topological polar surface area (TPSA) is 24.5 Å². The minimum absolute atomic E-state index is 0. The number of nitrogens with zero attached hydrogens (tertiary/aromatic N) is 1. The van der Waals surface area contributed by atoms with Crippen LogP contribution in [0.5, 0.6) is 5.75 Å². The van der Waals surface area contributed by atoms with Crippen LogP contribution in [0.4, 0.5) is 0 Å². The van der Waals surface area contributed by atoms with E-state index in [9.17, 15) is 0 Å². The number of benzene rings is 1. The summed E-state index contributed by atoms with van der Waals surface area (Å²) in [5.41, 5.74) is 1.94. The van der Waals surface area contributed by atoms with Crippen LogP contribution in [0.3, 0.4) is 0 Å². The molecule has 2 fully saturated rings. The van der Waals surface area contributed by atoms with Crippen molar-refractivity contribution in [3.63, 3.8) is 0 Å². The second-order valence-electron chi connectivity index (χ2n) is 7.24. The SMILES string of the molecule is CC(C)COc1cccc(CN2CCC3(CCNC3)C2)c1.Cl. The van der Waals surface area contributed by atoms with Crippen molar-refractivity contribution in [3.8, 4) is 5.75 Å². The molecule has 2 heterocycles. The molecule has 3 nitrogen and oxygen atoms in total. The third-order valence-electron chi connectivity index (χ3n) is 4.74. The molecule has 1 N–H and O–H groups in total. The van der Waals surface area contributed by atoms with Gasteiger partial charge in [-0.2, -0.15) is 0 Å². The minimum Gasteiger partial charge on any atom is -0.493 e. The first-order valence-electron chi connectivity index (χ1n) is 8.30. The Balaban J connectivity index is 0.00000176. The minimum atomic E-state index is 0. The van der Waals surface area contributed by atoms with Crippen molar-refractivity contribution in [2.24, 2.45) is 11.3 Å². The van der Waals surface area contributed by atoms with Crippen molar-refractivity contribution in [2.45, 2.75) is 33.2 Å². The van der Waals surface area contributed by atoms with Gasteiger partial charge >= 0.3 is 0 Å². The molecule has 0 saturated carbocycles. The summed E-state index contributed by atoms with van der Waals surface area (Å²) in [5, 5.41) is 3.53. The van der Waals surface area contributed by atoms with Crippen molar-refractivity contribution in [2.75, 3.05) is 32.8 Å². The van der Waals surface area contributed by atoms with Crippen LogP contribution in [-0.4, -0.2) is 37.7 Å². The molecule has 0 bridgehead atoms. The van der Waals surface area contributed by atoms with E-state index in [1.54, 1.807) is 0 Å². The summed E-state index contributed by atoms with van der Waals surface area (Å²) in [6.45, 7) is 11.1. The summed E-state index contributed by atoms with van der Waals surface area (Å²) in [6, 6.07) is 8.62. The predicted octanol–water partition coefficient (Wildman–Crippen LogP) is 3.33. The van der Waals surface area contributed by atoms with Crippen LogP contribution in [0.15, 0.2) is 24.3 Å². The molecule has 0 amide bonds. The van der Waals surface area contributed by atoms with Gasteiger partial charge in [0.2, 0.25) is 0 Å². The fourth-order valence-electron chi connectivity index (χ4n) is 3.56. The molecule has 2 aliphatic heterocycles. The molecule has 1 aromatic rings. The summed E-state index contributed by atoms with van der Waals surface area (Å²) >= 11 is 0. The van der Waals surface area contributed by atoms with Crippen molar-refractivity contribution in [1.29, 1.82) is 0 Å². The second kappa shape index (κ2) is 7.67. The van der Waals surface area contributed by atoms with Crippen molar-refractivity contribution < 1.29 is 4.74 Å². The van der Waals surface area contributed by atoms with E-state index < -0.39 is 0 Å². The maximum absolute atomic E-state index is 5.84. The van der Waals surface area contributed by atoms with Crippen LogP contribution in [0.2, 0.25) is 0 Å². The predicted molar refractivity (Wildman–Crippen MR) is 93.8 cm³/mol. The second-order valence-corrected chi connectivity index (χ2v) is 7.24. The third-order valence-corrected chi connectivity index (χ3v) is 4.74. The quantitative estimate of drug-likeness (QED) is 0.899. The summed E-state index contributed by atoms with van der Waals surface area (Å²) in [6.07, 6.45) is 2.70. The number of nitrogens with one attached hydrogen (secondary N) is 1. The first-order chi connectivity index (χ1) is 10.2.